The van der Waals surface area contributed by atoms with Crippen LogP contribution in [0.2, 0.25) is 0 Å². The lowest BCUT2D eigenvalue weighted by molar-refractivity contribution is -0.304. The first-order chi connectivity index (χ1) is 19.2. The molecule has 0 aliphatic carbocycles. The zero-order valence-corrected chi connectivity index (χ0v) is 26.6. The number of allylic oxidation sites excluding steroid dienone is 6. The lowest BCUT2D eigenvalue weighted by Gasteiger charge is -2.45. The highest BCUT2D eigenvalue weighted by molar-refractivity contribution is 5.84. The molecule has 1 aliphatic rings. The van der Waals surface area contributed by atoms with Crippen molar-refractivity contribution in [2.75, 3.05) is 13.2 Å². The van der Waals surface area contributed by atoms with Crippen molar-refractivity contribution >= 4 is 17.8 Å². The van der Waals surface area contributed by atoms with Crippen molar-refractivity contribution < 1.29 is 29.0 Å². The average Bonchev–Trinajstić information content (AvgIpc) is 2.90. The Morgan fingerprint density at radius 1 is 0.951 bits per heavy atom. The molecule has 3 unspecified atom stereocenters. The second-order valence-corrected chi connectivity index (χ2v) is 12.5. The van der Waals surface area contributed by atoms with E-state index in [-0.39, 0.29) is 18.4 Å². The molecule has 0 bridgehead atoms. The number of carboxylic acids is 1. The van der Waals surface area contributed by atoms with E-state index >= 15 is 0 Å². The van der Waals surface area contributed by atoms with Crippen LogP contribution in [0.5, 0.6) is 0 Å². The van der Waals surface area contributed by atoms with E-state index in [0.29, 0.717) is 13.0 Å². The summed E-state index contributed by atoms with van der Waals surface area (Å²) in [6, 6.07) is -0.678. The van der Waals surface area contributed by atoms with Crippen LogP contribution in [0.15, 0.2) is 36.5 Å². The van der Waals surface area contributed by atoms with Gasteiger partial charge in [0.2, 0.25) is 11.8 Å². The van der Waals surface area contributed by atoms with Gasteiger partial charge in [0.05, 0.1) is 6.61 Å². The van der Waals surface area contributed by atoms with Crippen LogP contribution in [-0.4, -0.2) is 54.0 Å². The van der Waals surface area contributed by atoms with E-state index in [1.807, 2.05) is 13.8 Å². The van der Waals surface area contributed by atoms with Crippen LogP contribution in [0.1, 0.15) is 113 Å². The smallest absolute Gasteiger partial charge is 0.313 e. The van der Waals surface area contributed by atoms with Gasteiger partial charge in [-0.1, -0.05) is 76.5 Å². The molecule has 0 aromatic carbocycles. The maximum atomic E-state index is 13.0. The standard InChI is InChI=1S/C33H56N2O6/c1-8-9-10-11-12-13-14-15-16-17-18-19-20-21-22-23-27(36)35-26(2)33(7,30(38)39)24-34-29(37)28-31(3,4)25-40-32(5,6)41-28/h9-10,12-13,15-16,26,28H,8,11,14,17-25H2,1-7H3,(H,34,37)(H,35,36)(H,38,39)/b10-9-,13-12-,16-15-. The predicted molar refractivity (Wildman–Crippen MR) is 164 cm³/mol. The van der Waals surface area contributed by atoms with Crippen LogP contribution in [0.3, 0.4) is 0 Å². The highest BCUT2D eigenvalue weighted by Gasteiger charge is 2.47. The molecule has 8 heteroatoms. The summed E-state index contributed by atoms with van der Waals surface area (Å²) in [7, 11) is 0. The molecule has 3 atom stereocenters. The summed E-state index contributed by atoms with van der Waals surface area (Å²) >= 11 is 0. The largest absolute Gasteiger partial charge is 0.481 e. The number of carbonyl (C=O) groups excluding carboxylic acids is 2. The summed E-state index contributed by atoms with van der Waals surface area (Å²) in [6.07, 6.45) is 22.0. The quantitative estimate of drug-likeness (QED) is 0.120. The number of unbranched alkanes of at least 4 members (excludes halogenated alkanes) is 5. The highest BCUT2D eigenvalue weighted by Crippen LogP contribution is 2.35. The third-order valence-corrected chi connectivity index (χ3v) is 7.65. The lowest BCUT2D eigenvalue weighted by atomic mass is 9.81. The maximum Gasteiger partial charge on any atom is 0.313 e. The van der Waals surface area contributed by atoms with Gasteiger partial charge in [0.15, 0.2) is 5.79 Å². The molecule has 1 rings (SSSR count). The Hall–Kier alpha value is -2.45. The van der Waals surface area contributed by atoms with E-state index in [9.17, 15) is 19.5 Å². The molecule has 1 heterocycles. The van der Waals surface area contributed by atoms with Crippen molar-refractivity contribution in [1.82, 2.24) is 10.6 Å². The molecule has 41 heavy (non-hydrogen) atoms. The highest BCUT2D eigenvalue weighted by atomic mass is 16.7. The van der Waals surface area contributed by atoms with Crippen molar-refractivity contribution in [3.63, 3.8) is 0 Å². The van der Waals surface area contributed by atoms with E-state index in [4.69, 9.17) is 9.47 Å². The molecule has 2 amide bonds. The van der Waals surface area contributed by atoms with Crippen molar-refractivity contribution in [1.29, 1.82) is 0 Å². The van der Waals surface area contributed by atoms with Crippen LogP contribution in [0.25, 0.3) is 0 Å². The third kappa shape index (κ3) is 13.8. The molecule has 0 aromatic rings. The Morgan fingerprint density at radius 2 is 1.54 bits per heavy atom. The zero-order valence-electron chi connectivity index (χ0n) is 26.6. The normalized spacial score (nSPS) is 20.7. The fourth-order valence-electron chi connectivity index (χ4n) is 4.48. The van der Waals surface area contributed by atoms with Crippen LogP contribution in [0.4, 0.5) is 0 Å². The van der Waals surface area contributed by atoms with Gasteiger partial charge in [-0.05, 0) is 66.2 Å². The van der Waals surface area contributed by atoms with E-state index in [2.05, 4.69) is 54.0 Å². The lowest BCUT2D eigenvalue weighted by Crippen LogP contribution is -2.59. The fraction of sp³-hybridized carbons (Fsp3) is 0.727. The molecule has 0 spiro atoms. The van der Waals surface area contributed by atoms with Crippen molar-refractivity contribution in [3.05, 3.63) is 36.5 Å². The van der Waals surface area contributed by atoms with E-state index in [1.165, 1.54) is 6.92 Å². The average molecular weight is 577 g/mol. The topological polar surface area (TPSA) is 114 Å². The molecule has 234 valence electrons. The molecule has 0 radical (unpaired) electrons. The van der Waals surface area contributed by atoms with Crippen LogP contribution >= 0.6 is 0 Å². The predicted octanol–water partition coefficient (Wildman–Crippen LogP) is 6.47. The molecule has 3 N–H and O–H groups in total. The summed E-state index contributed by atoms with van der Waals surface area (Å²) in [4.78, 5) is 37.8. The molecular weight excluding hydrogens is 520 g/mol. The minimum absolute atomic E-state index is 0.138. The van der Waals surface area contributed by atoms with Crippen molar-refractivity contribution in [2.45, 2.75) is 131 Å². The summed E-state index contributed by atoms with van der Waals surface area (Å²) in [6.45, 7) is 12.8. The first kappa shape index (κ1) is 36.6. The van der Waals surface area contributed by atoms with Gasteiger partial charge < -0.3 is 25.2 Å². The SMILES string of the molecule is CC/C=C\C/C=C\C/C=C\CCCCCCCC(=O)NC(C)C(C)(CNC(=O)C1OC(C)(C)OCC1(C)C)C(=O)O. The number of nitrogens with one attached hydrogen (secondary N) is 2. The Morgan fingerprint density at radius 3 is 2.17 bits per heavy atom. The van der Waals surface area contributed by atoms with E-state index in [1.54, 1.807) is 20.8 Å². The second kappa shape index (κ2) is 18.2. The first-order valence-corrected chi connectivity index (χ1v) is 15.3. The molecule has 8 nitrogen and oxygen atoms in total. The summed E-state index contributed by atoms with van der Waals surface area (Å²) in [5.41, 5.74) is -1.95. The van der Waals surface area contributed by atoms with Gasteiger partial charge in [0.25, 0.3) is 0 Å². The Labute approximate surface area is 248 Å². The van der Waals surface area contributed by atoms with Gasteiger partial charge in [-0.2, -0.15) is 0 Å². The zero-order chi connectivity index (χ0) is 30.9. The number of rotatable bonds is 19. The summed E-state index contributed by atoms with van der Waals surface area (Å²) in [5, 5.41) is 15.6. The van der Waals surface area contributed by atoms with Crippen molar-refractivity contribution in [2.24, 2.45) is 10.8 Å². The first-order valence-electron chi connectivity index (χ1n) is 15.3. The number of amides is 2. The monoisotopic (exact) mass is 576 g/mol. The van der Waals surface area contributed by atoms with E-state index in [0.717, 1.165) is 57.8 Å². The van der Waals surface area contributed by atoms with Gasteiger partial charge in [0.1, 0.15) is 11.5 Å². The minimum atomic E-state index is -1.38. The Kier molecular flexibility index (Phi) is 16.2. The number of carboxylic acid groups (broad SMARTS) is 1. The van der Waals surface area contributed by atoms with Gasteiger partial charge in [0, 0.05) is 24.4 Å². The maximum absolute atomic E-state index is 13.0. The van der Waals surface area contributed by atoms with Crippen LogP contribution in [-0.2, 0) is 23.9 Å². The number of carbonyl (C=O) groups is 3. The molecule has 1 saturated heterocycles. The third-order valence-electron chi connectivity index (χ3n) is 7.65. The number of hydrogen-bond acceptors (Lipinski definition) is 5. The van der Waals surface area contributed by atoms with Crippen LogP contribution in [0, 0.1) is 10.8 Å². The van der Waals surface area contributed by atoms with Gasteiger partial charge in [-0.3, -0.25) is 14.4 Å². The van der Waals surface area contributed by atoms with Crippen LogP contribution < -0.4 is 10.6 Å². The van der Waals surface area contributed by atoms with Gasteiger partial charge in [-0.15, -0.1) is 0 Å². The van der Waals surface area contributed by atoms with Gasteiger partial charge in [-0.25, -0.2) is 0 Å². The summed E-state index contributed by atoms with van der Waals surface area (Å²) < 4.78 is 11.5. The fourth-order valence-corrected chi connectivity index (χ4v) is 4.48. The molecule has 0 saturated carbocycles. The number of hydrogen-bond donors (Lipinski definition) is 3. The molecular formula is C33H56N2O6. The van der Waals surface area contributed by atoms with Gasteiger partial charge >= 0.3 is 5.97 Å². The Bertz CT molecular complexity index is 907. The second-order valence-electron chi connectivity index (χ2n) is 12.5. The molecule has 1 fully saturated rings. The minimum Gasteiger partial charge on any atom is -0.481 e. The molecule has 0 aromatic heterocycles. The molecule has 1 aliphatic heterocycles. The Balaban J connectivity index is 2.35. The number of aliphatic carboxylic acids is 1. The number of ether oxygens (including phenoxy) is 2. The van der Waals surface area contributed by atoms with E-state index < -0.39 is 34.7 Å². The van der Waals surface area contributed by atoms with Crippen molar-refractivity contribution in [3.8, 4) is 0 Å². The summed E-state index contributed by atoms with van der Waals surface area (Å²) in [5.74, 6) is -2.56.